The summed E-state index contributed by atoms with van der Waals surface area (Å²) in [5.41, 5.74) is 2.47. The van der Waals surface area contributed by atoms with E-state index in [9.17, 15) is 18.0 Å². The molecule has 0 spiro atoms. The number of alkyl halides is 2. The van der Waals surface area contributed by atoms with Crippen LogP contribution in [0.4, 0.5) is 19.0 Å². The molecule has 1 amide bonds. The number of nitrogens with two attached hydrogens (primary N) is 1. The predicted molar refractivity (Wildman–Crippen MR) is 91.0 cm³/mol. The van der Waals surface area contributed by atoms with Gasteiger partial charge in [-0.3, -0.25) is 4.79 Å². The lowest BCUT2D eigenvalue weighted by Gasteiger charge is -2.36. The van der Waals surface area contributed by atoms with Crippen LogP contribution in [0.25, 0.3) is 0 Å². The highest BCUT2D eigenvalue weighted by molar-refractivity contribution is 6.02. The molecule has 1 aliphatic heterocycles. The Balaban J connectivity index is 1.94. The van der Waals surface area contributed by atoms with Gasteiger partial charge in [-0.15, -0.1) is 0 Å². The third-order valence-corrected chi connectivity index (χ3v) is 4.12. The number of ether oxygens (including phenoxy) is 1. The van der Waals surface area contributed by atoms with Crippen LogP contribution in [0.5, 0.6) is 0 Å². The fraction of sp³-hybridized carbons (Fsp3) is 0.235. The predicted octanol–water partition coefficient (Wildman–Crippen LogP) is 1.94. The Morgan fingerprint density at radius 1 is 1.36 bits per heavy atom. The summed E-state index contributed by atoms with van der Waals surface area (Å²) in [7, 11) is 0. The van der Waals surface area contributed by atoms with E-state index in [0.717, 1.165) is 19.1 Å². The Labute approximate surface area is 156 Å². The van der Waals surface area contributed by atoms with Gasteiger partial charge in [0, 0.05) is 6.20 Å². The van der Waals surface area contributed by atoms with Crippen LogP contribution in [0.15, 0.2) is 35.5 Å². The van der Waals surface area contributed by atoms with E-state index < -0.39 is 41.5 Å². The molecular formula is C17H13F3N6O2. The summed E-state index contributed by atoms with van der Waals surface area (Å²) >= 11 is 0. The molecule has 3 N–H and O–H groups in total. The molecule has 0 radical (unpaired) electrons. The van der Waals surface area contributed by atoms with Gasteiger partial charge in [0.25, 0.3) is 11.9 Å². The SMILES string of the molecule is C[C@]1(c2nc(NC(=O)c3ccc(C#N)cn3)ccc2F)N=C(N)OCC1(F)F. The Bertz CT molecular complexity index is 1000. The van der Waals surface area contributed by atoms with Crippen LogP contribution in [0.1, 0.15) is 28.7 Å². The summed E-state index contributed by atoms with van der Waals surface area (Å²) in [6.07, 6.45) is 1.19. The van der Waals surface area contributed by atoms with E-state index in [4.69, 9.17) is 11.0 Å². The number of hydrogen-bond donors (Lipinski definition) is 2. The van der Waals surface area contributed by atoms with E-state index in [2.05, 4.69) is 25.0 Å². The van der Waals surface area contributed by atoms with Crippen molar-refractivity contribution in [2.45, 2.75) is 18.4 Å². The van der Waals surface area contributed by atoms with E-state index in [1.807, 2.05) is 6.07 Å². The molecule has 0 saturated carbocycles. The second-order valence-electron chi connectivity index (χ2n) is 6.04. The Morgan fingerprint density at radius 2 is 2.11 bits per heavy atom. The van der Waals surface area contributed by atoms with Crippen molar-refractivity contribution in [3.05, 3.63) is 53.2 Å². The van der Waals surface area contributed by atoms with E-state index in [1.54, 1.807) is 0 Å². The summed E-state index contributed by atoms with van der Waals surface area (Å²) in [6, 6.07) is 6.01. The van der Waals surface area contributed by atoms with E-state index in [0.29, 0.717) is 0 Å². The first-order valence-corrected chi connectivity index (χ1v) is 7.87. The van der Waals surface area contributed by atoms with Gasteiger partial charge < -0.3 is 15.8 Å². The number of anilines is 1. The van der Waals surface area contributed by atoms with Crippen molar-refractivity contribution < 1.29 is 22.7 Å². The van der Waals surface area contributed by atoms with Crippen LogP contribution in [-0.4, -0.2) is 34.4 Å². The Hall–Kier alpha value is -3.68. The molecule has 144 valence electrons. The third kappa shape index (κ3) is 3.32. The lowest BCUT2D eigenvalue weighted by Crippen LogP contribution is -2.51. The van der Waals surface area contributed by atoms with Crippen molar-refractivity contribution in [3.8, 4) is 6.07 Å². The summed E-state index contributed by atoms with van der Waals surface area (Å²) in [4.78, 5) is 23.4. The van der Waals surface area contributed by atoms with Crippen molar-refractivity contribution in [1.82, 2.24) is 9.97 Å². The third-order valence-electron chi connectivity index (χ3n) is 4.12. The molecule has 11 heteroatoms. The monoisotopic (exact) mass is 390 g/mol. The van der Waals surface area contributed by atoms with Crippen molar-refractivity contribution in [2.24, 2.45) is 10.7 Å². The molecule has 3 rings (SSSR count). The van der Waals surface area contributed by atoms with Gasteiger partial charge in [0.15, 0.2) is 12.1 Å². The number of aromatic nitrogens is 2. The number of nitrogens with one attached hydrogen (secondary N) is 1. The number of aliphatic imine (C=N–C) groups is 1. The summed E-state index contributed by atoms with van der Waals surface area (Å²) in [6.45, 7) is -0.118. The Morgan fingerprint density at radius 3 is 2.75 bits per heavy atom. The van der Waals surface area contributed by atoms with Crippen LogP contribution < -0.4 is 11.1 Å². The quantitative estimate of drug-likeness (QED) is 0.825. The molecule has 28 heavy (non-hydrogen) atoms. The molecule has 0 fully saturated rings. The van der Waals surface area contributed by atoms with Gasteiger partial charge in [-0.1, -0.05) is 0 Å². The Kier molecular flexibility index (Phi) is 4.64. The fourth-order valence-electron chi connectivity index (χ4n) is 2.49. The molecule has 8 nitrogen and oxygen atoms in total. The van der Waals surface area contributed by atoms with Gasteiger partial charge >= 0.3 is 5.92 Å². The number of nitrogens with zero attached hydrogens (tertiary/aromatic N) is 4. The number of amidine groups is 1. The molecule has 0 bridgehead atoms. The standard InChI is InChI=1S/C17H13F3N6O2/c1-16(17(19,20)8-28-15(22)26-16)13-10(18)3-5-12(24-13)25-14(27)11-4-2-9(6-21)7-23-11/h2-5,7H,8H2,1H3,(H2,22,26)(H,24,25,27)/t16-/m1/s1. The van der Waals surface area contributed by atoms with Crippen LogP contribution in [0.3, 0.4) is 0 Å². The average molecular weight is 390 g/mol. The number of hydrogen-bond acceptors (Lipinski definition) is 7. The molecular weight excluding hydrogens is 377 g/mol. The number of amides is 1. The topological polar surface area (TPSA) is 126 Å². The maximum atomic E-state index is 14.4. The van der Waals surface area contributed by atoms with Crippen molar-refractivity contribution in [2.75, 3.05) is 11.9 Å². The number of nitriles is 1. The van der Waals surface area contributed by atoms with Crippen LogP contribution in [0.2, 0.25) is 0 Å². The van der Waals surface area contributed by atoms with Crippen LogP contribution in [-0.2, 0) is 10.3 Å². The lowest BCUT2D eigenvalue weighted by molar-refractivity contribution is -0.118. The highest BCUT2D eigenvalue weighted by Gasteiger charge is 2.57. The van der Waals surface area contributed by atoms with E-state index in [-0.39, 0.29) is 17.1 Å². The van der Waals surface area contributed by atoms with Crippen molar-refractivity contribution in [1.29, 1.82) is 5.26 Å². The minimum atomic E-state index is -3.60. The average Bonchev–Trinajstić information content (AvgIpc) is 2.66. The lowest BCUT2D eigenvalue weighted by atomic mass is 9.89. The van der Waals surface area contributed by atoms with Gasteiger partial charge in [0.2, 0.25) is 0 Å². The number of halogens is 3. The number of rotatable bonds is 3. The maximum Gasteiger partial charge on any atom is 0.311 e. The minimum Gasteiger partial charge on any atom is -0.459 e. The fourth-order valence-corrected chi connectivity index (χ4v) is 2.49. The zero-order valence-corrected chi connectivity index (χ0v) is 14.4. The first-order chi connectivity index (χ1) is 13.2. The van der Waals surface area contributed by atoms with Gasteiger partial charge in [-0.25, -0.2) is 19.4 Å². The molecule has 0 aromatic carbocycles. The highest BCUT2D eigenvalue weighted by Crippen LogP contribution is 2.43. The molecule has 1 atom stereocenters. The minimum absolute atomic E-state index is 0.0449. The number of carbonyl (C=O) groups is 1. The van der Waals surface area contributed by atoms with Crippen molar-refractivity contribution >= 4 is 17.7 Å². The smallest absolute Gasteiger partial charge is 0.311 e. The normalized spacial score (nSPS) is 20.5. The molecule has 0 aliphatic carbocycles. The van der Waals surface area contributed by atoms with Crippen molar-refractivity contribution in [3.63, 3.8) is 0 Å². The summed E-state index contributed by atoms with van der Waals surface area (Å²) in [5.74, 6) is -5.55. The second kappa shape index (κ2) is 6.80. The molecule has 0 saturated heterocycles. The highest BCUT2D eigenvalue weighted by atomic mass is 19.3. The van der Waals surface area contributed by atoms with E-state index >= 15 is 0 Å². The summed E-state index contributed by atoms with van der Waals surface area (Å²) < 4.78 is 47.7. The largest absolute Gasteiger partial charge is 0.459 e. The summed E-state index contributed by atoms with van der Waals surface area (Å²) in [5, 5.41) is 11.1. The van der Waals surface area contributed by atoms with E-state index in [1.165, 1.54) is 18.3 Å². The first kappa shape index (κ1) is 19.1. The molecule has 0 unspecified atom stereocenters. The maximum absolute atomic E-state index is 14.4. The van der Waals surface area contributed by atoms with Crippen LogP contribution >= 0.6 is 0 Å². The number of carbonyl (C=O) groups excluding carboxylic acids is 1. The molecule has 2 aromatic rings. The number of pyridine rings is 2. The van der Waals surface area contributed by atoms with Gasteiger partial charge in [0.1, 0.15) is 29.1 Å². The molecule has 3 heterocycles. The van der Waals surface area contributed by atoms with Crippen LogP contribution in [0, 0.1) is 17.1 Å². The molecule has 1 aliphatic rings. The van der Waals surface area contributed by atoms with Gasteiger partial charge in [0.05, 0.1) is 5.56 Å². The van der Waals surface area contributed by atoms with Gasteiger partial charge in [-0.05, 0) is 31.2 Å². The second-order valence-corrected chi connectivity index (χ2v) is 6.04. The first-order valence-electron chi connectivity index (χ1n) is 7.87. The van der Waals surface area contributed by atoms with Gasteiger partial charge in [-0.2, -0.15) is 14.0 Å². The zero-order chi connectivity index (χ0) is 20.5. The zero-order valence-electron chi connectivity index (χ0n) is 14.4. The molecule has 2 aromatic heterocycles.